The Hall–Kier alpha value is -2.24. The molecule has 0 spiro atoms. The molecular formula is C13H12F2N2O2. The minimum Gasteiger partial charge on any atom is -0.364 e. The average molecular weight is 266 g/mol. The zero-order valence-electron chi connectivity index (χ0n) is 10.0. The van der Waals surface area contributed by atoms with E-state index in [0.717, 1.165) is 24.1 Å². The van der Waals surface area contributed by atoms with Crippen LogP contribution in [0.5, 0.6) is 0 Å². The van der Waals surface area contributed by atoms with E-state index in [1.54, 1.807) is 6.20 Å². The minimum absolute atomic E-state index is 0.101. The molecule has 100 valence electrons. The summed E-state index contributed by atoms with van der Waals surface area (Å²) in [5, 5.41) is 6.19. The van der Waals surface area contributed by atoms with Crippen LogP contribution < -0.4 is 5.32 Å². The maximum Gasteiger partial charge on any atom is 0.251 e. The molecule has 2 rings (SSSR count). The van der Waals surface area contributed by atoms with Gasteiger partial charge in [0.15, 0.2) is 11.6 Å². The van der Waals surface area contributed by atoms with Crippen LogP contribution in [0.4, 0.5) is 8.78 Å². The fraction of sp³-hybridized carbons (Fsp3) is 0.231. The zero-order valence-corrected chi connectivity index (χ0v) is 10.0. The molecule has 1 heterocycles. The Bertz CT molecular complexity index is 556. The van der Waals surface area contributed by atoms with E-state index in [1.165, 1.54) is 12.3 Å². The fourth-order valence-electron chi connectivity index (χ4n) is 1.58. The first-order chi connectivity index (χ1) is 9.16. The summed E-state index contributed by atoms with van der Waals surface area (Å²) in [6, 6.07) is 3.06. The summed E-state index contributed by atoms with van der Waals surface area (Å²) < 4.78 is 30.3. The van der Waals surface area contributed by atoms with Crippen LogP contribution in [-0.2, 0) is 6.42 Å². The molecule has 0 aliphatic rings. The summed E-state index contributed by atoms with van der Waals surface area (Å²) >= 11 is 0. The number of aryl methyl sites for hydroxylation is 1. The monoisotopic (exact) mass is 266 g/mol. The second kappa shape index (κ2) is 6.08. The van der Waals surface area contributed by atoms with Crippen LogP contribution in [0.25, 0.3) is 0 Å². The van der Waals surface area contributed by atoms with Gasteiger partial charge < -0.3 is 9.84 Å². The number of halogens is 2. The molecule has 0 atom stereocenters. The molecule has 0 unspecified atom stereocenters. The Balaban J connectivity index is 1.79. The number of hydrogen-bond acceptors (Lipinski definition) is 3. The number of hydrogen-bond donors (Lipinski definition) is 1. The summed E-state index contributed by atoms with van der Waals surface area (Å²) in [6.07, 6.45) is 4.58. The molecular weight excluding hydrogens is 254 g/mol. The summed E-state index contributed by atoms with van der Waals surface area (Å²) in [6.45, 7) is 0.434. The van der Waals surface area contributed by atoms with Crippen LogP contribution in [0.3, 0.4) is 0 Å². The van der Waals surface area contributed by atoms with Crippen LogP contribution in [0.15, 0.2) is 35.2 Å². The van der Waals surface area contributed by atoms with Crippen LogP contribution in [0.1, 0.15) is 22.3 Å². The highest BCUT2D eigenvalue weighted by Crippen LogP contribution is 2.08. The second-order valence-corrected chi connectivity index (χ2v) is 4.02. The van der Waals surface area contributed by atoms with Crippen molar-refractivity contribution < 1.29 is 18.1 Å². The van der Waals surface area contributed by atoms with E-state index < -0.39 is 17.5 Å². The fourth-order valence-corrected chi connectivity index (χ4v) is 1.58. The molecule has 1 aromatic carbocycles. The van der Waals surface area contributed by atoms with Crippen molar-refractivity contribution in [3.63, 3.8) is 0 Å². The molecule has 6 heteroatoms. The van der Waals surface area contributed by atoms with E-state index in [4.69, 9.17) is 0 Å². The van der Waals surface area contributed by atoms with Crippen molar-refractivity contribution in [1.82, 2.24) is 10.5 Å². The third-order valence-electron chi connectivity index (χ3n) is 2.59. The van der Waals surface area contributed by atoms with Gasteiger partial charge in [-0.25, -0.2) is 8.78 Å². The first kappa shape index (κ1) is 13.2. The quantitative estimate of drug-likeness (QED) is 0.845. The van der Waals surface area contributed by atoms with Crippen molar-refractivity contribution >= 4 is 5.91 Å². The Morgan fingerprint density at radius 2 is 2.16 bits per heavy atom. The van der Waals surface area contributed by atoms with Crippen molar-refractivity contribution in [3.05, 3.63) is 53.4 Å². The average Bonchev–Trinajstić information content (AvgIpc) is 2.91. The third kappa shape index (κ3) is 3.61. The van der Waals surface area contributed by atoms with E-state index in [-0.39, 0.29) is 5.56 Å². The summed E-state index contributed by atoms with van der Waals surface area (Å²) in [5.74, 6) is -2.43. The number of carbonyl (C=O) groups is 1. The minimum atomic E-state index is -1.03. The Morgan fingerprint density at radius 3 is 2.84 bits per heavy atom. The Labute approximate surface area is 108 Å². The van der Waals surface area contributed by atoms with Gasteiger partial charge in [-0.05, 0) is 31.0 Å². The van der Waals surface area contributed by atoms with Crippen molar-refractivity contribution in [3.8, 4) is 0 Å². The molecule has 4 nitrogen and oxygen atoms in total. The van der Waals surface area contributed by atoms with Gasteiger partial charge in [0.05, 0.1) is 6.20 Å². The van der Waals surface area contributed by atoms with Crippen molar-refractivity contribution in [2.75, 3.05) is 6.54 Å². The smallest absolute Gasteiger partial charge is 0.251 e. The summed E-state index contributed by atoms with van der Waals surface area (Å²) in [5.41, 5.74) is 1.05. The van der Waals surface area contributed by atoms with E-state index in [9.17, 15) is 13.6 Å². The number of nitrogens with zero attached hydrogens (tertiary/aromatic N) is 1. The van der Waals surface area contributed by atoms with Gasteiger partial charge in [0.25, 0.3) is 5.91 Å². The summed E-state index contributed by atoms with van der Waals surface area (Å²) in [7, 11) is 0. The van der Waals surface area contributed by atoms with Crippen molar-refractivity contribution in [2.45, 2.75) is 12.8 Å². The predicted octanol–water partition coefficient (Wildman–Crippen LogP) is 2.32. The van der Waals surface area contributed by atoms with Gasteiger partial charge in [-0.2, -0.15) is 0 Å². The zero-order chi connectivity index (χ0) is 13.7. The standard InChI is InChI=1S/C13H12F2N2O2/c14-11-4-3-10(6-12(11)15)13(18)16-5-1-2-9-7-17-19-8-9/h3-4,6-8H,1-2,5H2,(H,16,18). The highest BCUT2D eigenvalue weighted by Gasteiger charge is 2.09. The molecule has 1 N–H and O–H groups in total. The molecule has 0 bridgehead atoms. The Morgan fingerprint density at radius 1 is 1.32 bits per heavy atom. The van der Waals surface area contributed by atoms with Crippen LogP contribution in [0, 0.1) is 11.6 Å². The lowest BCUT2D eigenvalue weighted by Crippen LogP contribution is -2.24. The first-order valence-electron chi connectivity index (χ1n) is 5.78. The Kier molecular flexibility index (Phi) is 4.22. The van der Waals surface area contributed by atoms with Crippen molar-refractivity contribution in [2.24, 2.45) is 0 Å². The van der Waals surface area contributed by atoms with Crippen LogP contribution in [0.2, 0.25) is 0 Å². The highest BCUT2D eigenvalue weighted by atomic mass is 19.2. The molecule has 0 saturated carbocycles. The van der Waals surface area contributed by atoms with E-state index >= 15 is 0 Å². The molecule has 1 amide bonds. The third-order valence-corrected chi connectivity index (χ3v) is 2.59. The van der Waals surface area contributed by atoms with Crippen LogP contribution in [-0.4, -0.2) is 17.6 Å². The number of carbonyl (C=O) groups excluding carboxylic acids is 1. The van der Waals surface area contributed by atoms with Gasteiger partial charge in [-0.1, -0.05) is 5.16 Å². The largest absolute Gasteiger partial charge is 0.364 e. The number of rotatable bonds is 5. The molecule has 0 aliphatic heterocycles. The van der Waals surface area contributed by atoms with Crippen molar-refractivity contribution in [1.29, 1.82) is 0 Å². The van der Waals surface area contributed by atoms with Gasteiger partial charge >= 0.3 is 0 Å². The number of aromatic nitrogens is 1. The van der Waals surface area contributed by atoms with Gasteiger partial charge in [0.1, 0.15) is 6.26 Å². The molecule has 1 aromatic heterocycles. The lowest BCUT2D eigenvalue weighted by atomic mass is 10.2. The maximum absolute atomic E-state index is 12.9. The van der Waals surface area contributed by atoms with Crippen LogP contribution >= 0.6 is 0 Å². The molecule has 0 aliphatic carbocycles. The number of amides is 1. The van der Waals surface area contributed by atoms with E-state index in [0.29, 0.717) is 13.0 Å². The maximum atomic E-state index is 12.9. The molecule has 2 aromatic rings. The second-order valence-electron chi connectivity index (χ2n) is 4.02. The molecule has 0 radical (unpaired) electrons. The predicted molar refractivity (Wildman–Crippen MR) is 63.5 cm³/mol. The highest BCUT2D eigenvalue weighted by molar-refractivity contribution is 5.94. The molecule has 0 saturated heterocycles. The SMILES string of the molecule is O=C(NCCCc1cnoc1)c1ccc(F)c(F)c1. The van der Waals surface area contributed by atoms with Gasteiger partial charge in [-0.3, -0.25) is 4.79 Å². The first-order valence-corrected chi connectivity index (χ1v) is 5.78. The van der Waals surface area contributed by atoms with E-state index in [2.05, 4.69) is 15.0 Å². The lowest BCUT2D eigenvalue weighted by Gasteiger charge is -2.04. The summed E-state index contributed by atoms with van der Waals surface area (Å²) in [4.78, 5) is 11.6. The van der Waals surface area contributed by atoms with Gasteiger partial charge in [0.2, 0.25) is 0 Å². The van der Waals surface area contributed by atoms with E-state index in [1.807, 2.05) is 0 Å². The number of nitrogens with one attached hydrogen (secondary N) is 1. The number of benzene rings is 1. The van der Waals surface area contributed by atoms with Gasteiger partial charge in [0, 0.05) is 17.7 Å². The molecule has 0 fully saturated rings. The lowest BCUT2D eigenvalue weighted by molar-refractivity contribution is 0.0952. The normalized spacial score (nSPS) is 10.4. The van der Waals surface area contributed by atoms with Gasteiger partial charge in [-0.15, -0.1) is 0 Å². The topological polar surface area (TPSA) is 55.1 Å². The molecule has 19 heavy (non-hydrogen) atoms.